The molecular weight excluding hydrogens is 329 g/mol. The van der Waals surface area contributed by atoms with Crippen LogP contribution in [-0.4, -0.2) is 20.5 Å². The summed E-state index contributed by atoms with van der Waals surface area (Å²) < 4.78 is 40.2. The van der Waals surface area contributed by atoms with E-state index in [0.29, 0.717) is 11.3 Å². The lowest BCUT2D eigenvalue weighted by Gasteiger charge is -2.08. The van der Waals surface area contributed by atoms with Gasteiger partial charge in [0.1, 0.15) is 0 Å². The first kappa shape index (κ1) is 15.5. The lowest BCUT2D eigenvalue weighted by Crippen LogP contribution is -2.14. The third-order valence-electron chi connectivity index (χ3n) is 3.49. The zero-order valence-corrected chi connectivity index (χ0v) is 12.9. The molecule has 0 saturated carbocycles. The van der Waals surface area contributed by atoms with Crippen LogP contribution in [0.1, 0.15) is 27.3 Å². The van der Waals surface area contributed by atoms with E-state index in [9.17, 15) is 23.1 Å². The summed E-state index contributed by atoms with van der Waals surface area (Å²) in [6.07, 6.45) is -4.82. The Balaban J connectivity index is 2.36. The van der Waals surface area contributed by atoms with Crippen molar-refractivity contribution in [3.63, 3.8) is 0 Å². The Hall–Kier alpha value is -2.35. The minimum absolute atomic E-state index is 0.00435. The van der Waals surface area contributed by atoms with Crippen molar-refractivity contribution in [3.8, 4) is 11.3 Å². The molecule has 0 unspecified atom stereocenters. The predicted molar refractivity (Wildman–Crippen MR) is 79.9 cm³/mol. The maximum Gasteiger partial charge on any atom is 0.435 e. The van der Waals surface area contributed by atoms with Crippen LogP contribution < -0.4 is 0 Å². The van der Waals surface area contributed by atoms with Gasteiger partial charge in [0, 0.05) is 10.9 Å². The lowest BCUT2D eigenvalue weighted by molar-refractivity contribution is -0.141. The molecular formula is C15H11F3N2O2S. The number of nitrogens with zero attached hydrogens (tertiary/aromatic N) is 2. The van der Waals surface area contributed by atoms with Gasteiger partial charge in [-0.2, -0.15) is 13.2 Å². The van der Waals surface area contributed by atoms with Gasteiger partial charge >= 0.3 is 12.1 Å². The molecule has 0 radical (unpaired) electrons. The molecule has 0 aliphatic carbocycles. The Bertz CT molecular complexity index is 925. The highest BCUT2D eigenvalue weighted by atomic mass is 32.1. The van der Waals surface area contributed by atoms with Gasteiger partial charge in [-0.15, -0.1) is 11.3 Å². The zero-order valence-electron chi connectivity index (χ0n) is 12.1. The lowest BCUT2D eigenvalue weighted by atomic mass is 10.0. The number of aromatic nitrogens is 2. The number of imidazole rings is 1. The average molecular weight is 340 g/mol. The molecule has 0 saturated heterocycles. The Morgan fingerprint density at radius 2 is 2.00 bits per heavy atom. The summed E-state index contributed by atoms with van der Waals surface area (Å²) >= 11 is 0.979. The highest BCUT2D eigenvalue weighted by molar-refractivity contribution is 7.15. The number of benzene rings is 1. The fourth-order valence-electron chi connectivity index (χ4n) is 2.54. The van der Waals surface area contributed by atoms with Crippen LogP contribution in [0.15, 0.2) is 23.6 Å². The SMILES string of the molecule is Cc1ccc(-c2csc3nc(C(F)(F)F)c(C(=O)O)n23)c(C)c1. The molecule has 0 bridgehead atoms. The molecule has 0 aliphatic heterocycles. The molecule has 1 N–H and O–H groups in total. The van der Waals surface area contributed by atoms with Crippen molar-refractivity contribution in [2.24, 2.45) is 0 Å². The van der Waals surface area contributed by atoms with Gasteiger partial charge in [-0.05, 0) is 19.4 Å². The van der Waals surface area contributed by atoms with Gasteiger partial charge in [0.15, 0.2) is 16.3 Å². The summed E-state index contributed by atoms with van der Waals surface area (Å²) in [6, 6.07) is 5.49. The van der Waals surface area contributed by atoms with Crippen molar-refractivity contribution in [2.75, 3.05) is 0 Å². The summed E-state index contributed by atoms with van der Waals surface area (Å²) in [7, 11) is 0. The Morgan fingerprint density at radius 3 is 2.57 bits per heavy atom. The first-order valence-electron chi connectivity index (χ1n) is 6.58. The first-order chi connectivity index (χ1) is 10.7. The molecule has 120 valence electrons. The van der Waals surface area contributed by atoms with Crippen LogP contribution in [0.4, 0.5) is 13.2 Å². The second-order valence-electron chi connectivity index (χ2n) is 5.17. The number of alkyl halides is 3. The summed E-state index contributed by atoms with van der Waals surface area (Å²) in [5.74, 6) is -1.66. The quantitative estimate of drug-likeness (QED) is 0.752. The maximum atomic E-state index is 13.1. The van der Waals surface area contributed by atoms with E-state index in [-0.39, 0.29) is 4.96 Å². The zero-order chi connectivity index (χ0) is 16.9. The molecule has 3 rings (SSSR count). The number of rotatable bonds is 2. The Labute approximate surface area is 132 Å². The molecule has 1 aromatic carbocycles. The Morgan fingerprint density at radius 1 is 1.30 bits per heavy atom. The van der Waals surface area contributed by atoms with E-state index in [1.807, 2.05) is 26.0 Å². The van der Waals surface area contributed by atoms with Gasteiger partial charge in [-0.3, -0.25) is 4.40 Å². The molecule has 0 atom stereocenters. The van der Waals surface area contributed by atoms with Crippen molar-refractivity contribution in [3.05, 3.63) is 46.1 Å². The maximum absolute atomic E-state index is 13.1. The minimum atomic E-state index is -4.82. The summed E-state index contributed by atoms with van der Waals surface area (Å²) in [5.41, 5.74) is 0.700. The van der Waals surface area contributed by atoms with E-state index in [2.05, 4.69) is 4.98 Å². The monoisotopic (exact) mass is 340 g/mol. The van der Waals surface area contributed by atoms with Gasteiger partial charge in [0.25, 0.3) is 0 Å². The van der Waals surface area contributed by atoms with E-state index < -0.39 is 23.5 Å². The highest BCUT2D eigenvalue weighted by Crippen LogP contribution is 2.37. The molecule has 23 heavy (non-hydrogen) atoms. The standard InChI is InChI=1S/C15H11F3N2O2S/c1-7-3-4-9(8(2)5-7)10-6-23-14-19-12(15(16,17)18)11(13(21)22)20(10)14/h3-6H,1-2H3,(H,21,22). The molecule has 2 aromatic heterocycles. The number of carbonyl (C=O) groups is 1. The number of fused-ring (bicyclic) bond motifs is 1. The van der Waals surface area contributed by atoms with Gasteiger partial charge in [-0.25, -0.2) is 9.78 Å². The van der Waals surface area contributed by atoms with Crippen molar-refractivity contribution in [1.29, 1.82) is 0 Å². The number of halogens is 3. The molecule has 3 aromatic rings. The second kappa shape index (κ2) is 5.09. The molecule has 0 amide bonds. The van der Waals surface area contributed by atoms with Gasteiger partial charge in [0.05, 0.1) is 5.69 Å². The number of aryl methyl sites for hydroxylation is 2. The Kier molecular flexibility index (Phi) is 3.44. The van der Waals surface area contributed by atoms with Crippen LogP contribution in [-0.2, 0) is 6.18 Å². The van der Waals surface area contributed by atoms with Crippen molar-refractivity contribution >= 4 is 22.3 Å². The van der Waals surface area contributed by atoms with Crippen LogP contribution in [0.5, 0.6) is 0 Å². The van der Waals surface area contributed by atoms with Crippen LogP contribution in [0.2, 0.25) is 0 Å². The van der Waals surface area contributed by atoms with E-state index in [1.54, 1.807) is 11.4 Å². The third-order valence-corrected chi connectivity index (χ3v) is 4.32. The van der Waals surface area contributed by atoms with Crippen molar-refractivity contribution in [2.45, 2.75) is 20.0 Å². The average Bonchev–Trinajstić information content (AvgIpc) is 2.96. The highest BCUT2D eigenvalue weighted by Gasteiger charge is 2.41. The smallest absolute Gasteiger partial charge is 0.435 e. The number of hydrogen-bond donors (Lipinski definition) is 1. The molecule has 0 aliphatic rings. The van der Waals surface area contributed by atoms with E-state index >= 15 is 0 Å². The van der Waals surface area contributed by atoms with Crippen LogP contribution in [0, 0.1) is 13.8 Å². The fraction of sp³-hybridized carbons (Fsp3) is 0.200. The predicted octanol–water partition coefficient (Wildman–Crippen LogP) is 4.40. The van der Waals surface area contributed by atoms with Crippen LogP contribution in [0.3, 0.4) is 0 Å². The molecule has 4 nitrogen and oxygen atoms in total. The molecule has 0 spiro atoms. The number of aromatic carboxylic acids is 1. The third kappa shape index (κ3) is 2.48. The minimum Gasteiger partial charge on any atom is -0.476 e. The van der Waals surface area contributed by atoms with Gasteiger partial charge in [-0.1, -0.05) is 23.8 Å². The molecule has 2 heterocycles. The topological polar surface area (TPSA) is 54.6 Å². The summed E-state index contributed by atoms with van der Waals surface area (Å²) in [4.78, 5) is 14.9. The first-order valence-corrected chi connectivity index (χ1v) is 7.46. The largest absolute Gasteiger partial charge is 0.476 e. The number of thiazole rings is 1. The van der Waals surface area contributed by atoms with E-state index in [0.717, 1.165) is 26.9 Å². The number of hydrogen-bond acceptors (Lipinski definition) is 3. The van der Waals surface area contributed by atoms with Crippen LogP contribution >= 0.6 is 11.3 Å². The van der Waals surface area contributed by atoms with E-state index in [4.69, 9.17) is 0 Å². The van der Waals surface area contributed by atoms with Gasteiger partial charge in [0.2, 0.25) is 0 Å². The van der Waals surface area contributed by atoms with Gasteiger partial charge < -0.3 is 5.11 Å². The molecule has 0 fully saturated rings. The second-order valence-corrected chi connectivity index (χ2v) is 6.01. The number of carboxylic acids is 1. The van der Waals surface area contributed by atoms with Crippen molar-refractivity contribution in [1.82, 2.24) is 9.38 Å². The van der Waals surface area contributed by atoms with Crippen LogP contribution in [0.25, 0.3) is 16.2 Å². The van der Waals surface area contributed by atoms with Crippen molar-refractivity contribution < 1.29 is 23.1 Å². The van der Waals surface area contributed by atoms with E-state index in [1.165, 1.54) is 0 Å². The summed E-state index contributed by atoms with van der Waals surface area (Å²) in [6.45, 7) is 3.73. The summed E-state index contributed by atoms with van der Waals surface area (Å²) in [5, 5.41) is 10.9. The fourth-order valence-corrected chi connectivity index (χ4v) is 3.43. The number of carboxylic acid groups (broad SMARTS) is 1. The molecule has 8 heteroatoms. The normalized spacial score (nSPS) is 12.0.